The maximum atomic E-state index is 12.1. The largest absolute Gasteiger partial charge is 0.392 e. The number of aryl methyl sites for hydroxylation is 1. The number of fused-ring (bicyclic) bond motifs is 1. The van der Waals surface area contributed by atoms with Gasteiger partial charge in [0.1, 0.15) is 17.2 Å². The van der Waals surface area contributed by atoms with E-state index in [0.29, 0.717) is 16.8 Å². The van der Waals surface area contributed by atoms with Gasteiger partial charge in [-0.25, -0.2) is 18.1 Å². The molecule has 0 spiro atoms. The first-order chi connectivity index (χ1) is 14.7. The normalized spacial score (nSPS) is 26.6. The van der Waals surface area contributed by atoms with Crippen molar-refractivity contribution in [2.75, 3.05) is 29.6 Å². The van der Waals surface area contributed by atoms with Crippen LogP contribution in [0.1, 0.15) is 6.92 Å². The van der Waals surface area contributed by atoms with Crippen LogP contribution in [0.25, 0.3) is 0 Å². The molecular weight excluding hydrogens is 450 g/mol. The molecule has 2 aliphatic rings. The average molecular weight is 474 g/mol. The van der Waals surface area contributed by atoms with Crippen LogP contribution in [0.4, 0.5) is 17.5 Å². The van der Waals surface area contributed by atoms with Gasteiger partial charge in [-0.05, 0) is 6.92 Å². The maximum absolute atomic E-state index is 12.1. The number of sulfonamides is 1. The lowest BCUT2D eigenvalue weighted by molar-refractivity contribution is 0.0690. The number of hydrogen-bond donors (Lipinski definition) is 4. The van der Waals surface area contributed by atoms with E-state index in [1.807, 2.05) is 0 Å². The molecule has 2 saturated heterocycles. The molecule has 14 heteroatoms. The fraction of sp³-hybridized carbons (Fsp3) is 0.588. The zero-order chi connectivity index (χ0) is 22.2. The van der Waals surface area contributed by atoms with Crippen molar-refractivity contribution in [1.82, 2.24) is 24.5 Å². The Bertz CT molecular complexity index is 1030. The second kappa shape index (κ2) is 8.84. The number of hydrogen-bond acceptors (Lipinski definition) is 10. The molecule has 0 amide bonds. The Morgan fingerprint density at radius 1 is 1.29 bits per heavy atom. The molecular formula is C17H24ClN7O5S. The van der Waals surface area contributed by atoms with E-state index < -0.39 is 28.3 Å². The Labute approximate surface area is 184 Å². The Morgan fingerprint density at radius 3 is 2.68 bits per heavy atom. The number of anilines is 3. The van der Waals surface area contributed by atoms with Crippen LogP contribution in [0.2, 0.25) is 5.02 Å². The van der Waals surface area contributed by atoms with E-state index in [1.165, 1.54) is 13.1 Å². The molecule has 0 radical (unpaired) electrons. The average Bonchev–Trinajstić information content (AvgIpc) is 3.36. The first kappa shape index (κ1) is 22.2. The number of nitrogens with zero attached hydrogens (tertiary/aromatic N) is 4. The number of rotatable bonds is 8. The standard InChI is InChI=1S/C17H24ClN7O5S/c1-9(26)8-31(27,28)24-13-7-30-14-12(6-29-15(13)14)22-16-11(18)4-19-17(23-16)21-10-3-20-25(2)5-10/h3-5,9,12-15,24,26H,6-8H2,1-2H3,(H2,19,21,22,23). The number of aromatic nitrogens is 4. The smallest absolute Gasteiger partial charge is 0.229 e. The van der Waals surface area contributed by atoms with Gasteiger partial charge in [0.25, 0.3) is 0 Å². The molecule has 2 aromatic rings. The number of aliphatic hydroxyl groups is 1. The molecule has 0 saturated carbocycles. The fourth-order valence-electron chi connectivity index (χ4n) is 3.64. The number of halogens is 1. The lowest BCUT2D eigenvalue weighted by atomic mass is 10.1. The van der Waals surface area contributed by atoms with Gasteiger partial charge in [0.2, 0.25) is 16.0 Å². The summed E-state index contributed by atoms with van der Waals surface area (Å²) in [6, 6.07) is -0.820. The van der Waals surface area contributed by atoms with Crippen molar-refractivity contribution in [3.63, 3.8) is 0 Å². The second-order valence-electron chi connectivity index (χ2n) is 7.62. The summed E-state index contributed by atoms with van der Waals surface area (Å²) in [7, 11) is -1.85. The van der Waals surface area contributed by atoms with Crippen molar-refractivity contribution in [3.05, 3.63) is 23.6 Å². The van der Waals surface area contributed by atoms with E-state index in [-0.39, 0.29) is 31.1 Å². The summed E-state index contributed by atoms with van der Waals surface area (Å²) in [6.45, 7) is 1.87. The van der Waals surface area contributed by atoms with E-state index in [4.69, 9.17) is 21.1 Å². The summed E-state index contributed by atoms with van der Waals surface area (Å²) < 4.78 is 40.1. The predicted molar refractivity (Wildman–Crippen MR) is 113 cm³/mol. The van der Waals surface area contributed by atoms with E-state index in [0.717, 1.165) is 5.69 Å². The van der Waals surface area contributed by atoms with Crippen LogP contribution in [-0.4, -0.2) is 82.6 Å². The minimum atomic E-state index is -3.66. The molecule has 4 N–H and O–H groups in total. The molecule has 0 bridgehead atoms. The van der Waals surface area contributed by atoms with Gasteiger partial charge in [0.05, 0.1) is 55.2 Å². The zero-order valence-electron chi connectivity index (χ0n) is 16.9. The third kappa shape index (κ3) is 5.25. The van der Waals surface area contributed by atoms with Crippen molar-refractivity contribution in [2.45, 2.75) is 37.3 Å². The zero-order valence-corrected chi connectivity index (χ0v) is 18.5. The van der Waals surface area contributed by atoms with Gasteiger partial charge in [0, 0.05) is 13.2 Å². The highest BCUT2D eigenvalue weighted by atomic mass is 35.5. The highest BCUT2D eigenvalue weighted by Gasteiger charge is 2.49. The summed E-state index contributed by atoms with van der Waals surface area (Å²) in [4.78, 5) is 8.58. The summed E-state index contributed by atoms with van der Waals surface area (Å²) in [6.07, 6.45) is 3.08. The van der Waals surface area contributed by atoms with Gasteiger partial charge in [-0.2, -0.15) is 10.1 Å². The molecule has 31 heavy (non-hydrogen) atoms. The predicted octanol–water partition coefficient (Wildman–Crippen LogP) is -0.146. The second-order valence-corrected chi connectivity index (χ2v) is 9.83. The highest BCUT2D eigenvalue weighted by molar-refractivity contribution is 7.89. The highest BCUT2D eigenvalue weighted by Crippen LogP contribution is 2.31. The summed E-state index contributed by atoms with van der Waals surface area (Å²) >= 11 is 6.26. The minimum Gasteiger partial charge on any atom is -0.392 e. The van der Waals surface area contributed by atoms with E-state index in [2.05, 4.69) is 30.4 Å². The third-order valence-corrected chi connectivity index (χ3v) is 6.73. The van der Waals surface area contributed by atoms with Crippen LogP contribution in [0, 0.1) is 0 Å². The molecule has 170 valence electrons. The van der Waals surface area contributed by atoms with Crippen molar-refractivity contribution in [1.29, 1.82) is 0 Å². The number of nitrogens with one attached hydrogen (secondary N) is 3. The number of aliphatic hydroxyl groups excluding tert-OH is 1. The van der Waals surface area contributed by atoms with Gasteiger partial charge in [-0.15, -0.1) is 0 Å². The Kier molecular flexibility index (Phi) is 6.32. The molecule has 4 heterocycles. The van der Waals surface area contributed by atoms with Crippen LogP contribution < -0.4 is 15.4 Å². The summed E-state index contributed by atoms with van der Waals surface area (Å²) in [5, 5.41) is 20.0. The first-order valence-corrected chi connectivity index (χ1v) is 11.7. The summed E-state index contributed by atoms with van der Waals surface area (Å²) in [5.41, 5.74) is 0.728. The molecule has 2 fully saturated rings. The Morgan fingerprint density at radius 2 is 2.00 bits per heavy atom. The molecule has 0 aromatic carbocycles. The van der Waals surface area contributed by atoms with Gasteiger partial charge in [-0.3, -0.25) is 4.68 Å². The van der Waals surface area contributed by atoms with Gasteiger partial charge >= 0.3 is 0 Å². The number of ether oxygens (including phenoxy) is 2. The SMILES string of the molecule is CC(O)CS(=O)(=O)NC1COC2C(Nc3nc(Nc4cnn(C)c4)ncc3Cl)COC12. The van der Waals surface area contributed by atoms with Crippen molar-refractivity contribution < 1.29 is 23.0 Å². The van der Waals surface area contributed by atoms with Crippen LogP contribution in [-0.2, 0) is 26.5 Å². The molecule has 2 aliphatic heterocycles. The van der Waals surface area contributed by atoms with Gasteiger partial charge < -0.3 is 25.2 Å². The molecule has 5 unspecified atom stereocenters. The lowest BCUT2D eigenvalue weighted by Gasteiger charge is -2.19. The minimum absolute atomic E-state index is 0.165. The molecule has 5 atom stereocenters. The van der Waals surface area contributed by atoms with Crippen molar-refractivity contribution in [2.24, 2.45) is 7.05 Å². The van der Waals surface area contributed by atoms with Crippen molar-refractivity contribution in [3.8, 4) is 0 Å². The summed E-state index contributed by atoms with van der Waals surface area (Å²) in [5.74, 6) is 0.358. The molecule has 0 aliphatic carbocycles. The van der Waals surface area contributed by atoms with Crippen LogP contribution in [0.15, 0.2) is 18.6 Å². The van der Waals surface area contributed by atoms with E-state index >= 15 is 0 Å². The van der Waals surface area contributed by atoms with Crippen LogP contribution in [0.5, 0.6) is 0 Å². The monoisotopic (exact) mass is 473 g/mol. The molecule has 12 nitrogen and oxygen atoms in total. The van der Waals surface area contributed by atoms with E-state index in [9.17, 15) is 13.5 Å². The molecule has 2 aromatic heterocycles. The Balaban J connectivity index is 1.41. The fourth-order valence-corrected chi connectivity index (χ4v) is 5.18. The molecule has 4 rings (SSSR count). The van der Waals surface area contributed by atoms with Crippen molar-refractivity contribution >= 4 is 39.1 Å². The van der Waals surface area contributed by atoms with Crippen LogP contribution in [0.3, 0.4) is 0 Å². The maximum Gasteiger partial charge on any atom is 0.229 e. The first-order valence-electron chi connectivity index (χ1n) is 9.66. The lowest BCUT2D eigenvalue weighted by Crippen LogP contribution is -2.46. The van der Waals surface area contributed by atoms with Crippen LogP contribution >= 0.6 is 11.6 Å². The van der Waals surface area contributed by atoms with Gasteiger partial charge in [0.15, 0.2) is 5.82 Å². The topological polar surface area (TPSA) is 153 Å². The van der Waals surface area contributed by atoms with Gasteiger partial charge in [-0.1, -0.05) is 11.6 Å². The quantitative estimate of drug-likeness (QED) is 0.407. The van der Waals surface area contributed by atoms with E-state index in [1.54, 1.807) is 24.1 Å². The Hall–Kier alpha value is -2.03. The third-order valence-electron chi connectivity index (χ3n) is 4.87.